The number of nitriles is 1. The molecular weight excluding hydrogens is 476 g/mol. The zero-order chi connectivity index (χ0) is 25.4. The van der Waals surface area contributed by atoms with E-state index in [1.165, 1.54) is 0 Å². The molecule has 8 nitrogen and oxygen atoms in total. The molecule has 1 N–H and O–H groups in total. The van der Waals surface area contributed by atoms with E-state index >= 15 is 0 Å². The van der Waals surface area contributed by atoms with Crippen LogP contribution in [0.3, 0.4) is 0 Å². The van der Waals surface area contributed by atoms with Gasteiger partial charge in [0.1, 0.15) is 5.69 Å². The minimum atomic E-state index is -0.627. The first-order valence-corrected chi connectivity index (χ1v) is 12.2. The fourth-order valence-electron chi connectivity index (χ4n) is 5.03. The summed E-state index contributed by atoms with van der Waals surface area (Å²) < 4.78 is 0. The molecule has 3 aromatic rings. The molecule has 36 heavy (non-hydrogen) atoms. The Labute approximate surface area is 214 Å². The number of nitrogens with one attached hydrogen (secondary N) is 1. The van der Waals surface area contributed by atoms with E-state index < -0.39 is 5.54 Å². The highest BCUT2D eigenvalue weighted by Gasteiger charge is 2.44. The number of nitrogens with zero attached hydrogens (tertiary/aromatic N) is 5. The van der Waals surface area contributed by atoms with Gasteiger partial charge in [-0.15, -0.1) is 0 Å². The van der Waals surface area contributed by atoms with Crippen LogP contribution in [0.15, 0.2) is 55.0 Å². The van der Waals surface area contributed by atoms with Gasteiger partial charge in [-0.3, -0.25) is 19.5 Å². The zero-order valence-corrected chi connectivity index (χ0v) is 20.8. The largest absolute Gasteiger partial charge is 0.381 e. The van der Waals surface area contributed by atoms with Crippen molar-refractivity contribution in [2.45, 2.75) is 38.3 Å². The molecule has 0 saturated carbocycles. The van der Waals surface area contributed by atoms with Crippen molar-refractivity contribution in [2.75, 3.05) is 23.3 Å². The average molecular weight is 501 g/mol. The molecule has 1 fully saturated rings. The molecular formula is C27H25ClN6O2. The molecule has 9 heteroatoms. The van der Waals surface area contributed by atoms with E-state index in [0.29, 0.717) is 34.9 Å². The highest BCUT2D eigenvalue weighted by atomic mass is 35.5. The molecule has 0 bridgehead atoms. The first-order chi connectivity index (χ1) is 17.3. The van der Waals surface area contributed by atoms with Crippen molar-refractivity contribution in [3.05, 3.63) is 82.4 Å². The fourth-order valence-corrected chi connectivity index (χ4v) is 5.23. The zero-order valence-electron chi connectivity index (χ0n) is 20.0. The fraction of sp³-hybridized carbons (Fsp3) is 0.296. The van der Waals surface area contributed by atoms with Gasteiger partial charge in [0.2, 0.25) is 0 Å². The van der Waals surface area contributed by atoms with Gasteiger partial charge in [-0.2, -0.15) is 5.26 Å². The van der Waals surface area contributed by atoms with Crippen molar-refractivity contribution in [3.63, 3.8) is 0 Å². The number of pyridine rings is 2. The lowest BCUT2D eigenvalue weighted by atomic mass is 9.92. The highest BCUT2D eigenvalue weighted by Crippen LogP contribution is 2.42. The van der Waals surface area contributed by atoms with E-state index in [-0.39, 0.29) is 23.6 Å². The predicted octanol–water partition coefficient (Wildman–Crippen LogP) is 4.61. The summed E-state index contributed by atoms with van der Waals surface area (Å²) in [5.74, 6) is -0.268. The molecule has 4 heterocycles. The summed E-state index contributed by atoms with van der Waals surface area (Å²) in [7, 11) is 0. The van der Waals surface area contributed by atoms with Crippen molar-refractivity contribution in [1.29, 1.82) is 5.26 Å². The monoisotopic (exact) mass is 500 g/mol. The van der Waals surface area contributed by atoms with Gasteiger partial charge < -0.3 is 10.2 Å². The lowest BCUT2D eigenvalue weighted by molar-refractivity contribution is 0.0712. The number of carbonyl (C=O) groups excluding carboxylic acids is 2. The molecule has 2 aliphatic rings. The lowest BCUT2D eigenvalue weighted by Crippen LogP contribution is -2.42. The van der Waals surface area contributed by atoms with E-state index in [4.69, 9.17) is 11.6 Å². The molecule has 0 aliphatic carbocycles. The third kappa shape index (κ3) is 4.16. The van der Waals surface area contributed by atoms with Crippen molar-refractivity contribution in [1.82, 2.24) is 14.9 Å². The third-order valence-electron chi connectivity index (χ3n) is 6.90. The van der Waals surface area contributed by atoms with Crippen LogP contribution in [0.4, 0.5) is 11.4 Å². The number of anilines is 2. The first-order valence-electron chi connectivity index (χ1n) is 11.8. The normalized spacial score (nSPS) is 17.0. The van der Waals surface area contributed by atoms with Crippen LogP contribution in [-0.4, -0.2) is 45.8 Å². The molecule has 2 aromatic heterocycles. The summed E-state index contributed by atoms with van der Waals surface area (Å²) in [6.07, 6.45) is 6.51. The maximum absolute atomic E-state index is 13.3. The molecule has 1 aromatic carbocycles. The smallest absolute Gasteiger partial charge is 0.273 e. The highest BCUT2D eigenvalue weighted by molar-refractivity contribution is 6.33. The van der Waals surface area contributed by atoms with Gasteiger partial charge in [-0.1, -0.05) is 11.6 Å². The number of hydrogen-bond acceptors (Lipinski definition) is 6. The molecule has 0 spiro atoms. The number of halogens is 1. The standard InChI is InChI=1S/C27H25ClN6O2/c1-27(2)22-12-17(14-29)5-6-21(22)25(35)34(27)20-13-19(15-30-16-20)32-18-7-10-33(11-8-18)26(36)24-23(28)4-3-9-31-24/h3-6,9,12-13,15-16,18,32H,7-8,10-11H2,1-2H3. The maximum Gasteiger partial charge on any atom is 0.273 e. The second kappa shape index (κ2) is 9.25. The second-order valence-corrected chi connectivity index (χ2v) is 9.96. The van der Waals surface area contributed by atoms with Crippen molar-refractivity contribution in [3.8, 4) is 6.07 Å². The summed E-state index contributed by atoms with van der Waals surface area (Å²) in [5, 5.41) is 13.2. The van der Waals surface area contributed by atoms with Crippen LogP contribution in [0.1, 0.15) is 58.7 Å². The number of benzene rings is 1. The Morgan fingerprint density at radius 3 is 2.69 bits per heavy atom. The molecule has 0 atom stereocenters. The van der Waals surface area contributed by atoms with Crippen LogP contribution < -0.4 is 10.2 Å². The lowest BCUT2D eigenvalue weighted by Gasteiger charge is -2.34. The van der Waals surface area contributed by atoms with Crippen LogP contribution in [0.25, 0.3) is 0 Å². The maximum atomic E-state index is 13.3. The van der Waals surface area contributed by atoms with E-state index in [1.54, 1.807) is 58.7 Å². The molecule has 182 valence electrons. The predicted molar refractivity (Wildman–Crippen MR) is 137 cm³/mol. The number of rotatable bonds is 4. The van der Waals surface area contributed by atoms with Gasteiger partial charge in [-0.25, -0.2) is 4.98 Å². The summed E-state index contributed by atoms with van der Waals surface area (Å²) in [4.78, 5) is 38.1. The van der Waals surface area contributed by atoms with Gasteiger partial charge in [0.15, 0.2) is 0 Å². The van der Waals surface area contributed by atoms with Gasteiger partial charge >= 0.3 is 0 Å². The number of carbonyl (C=O) groups is 2. The topological polar surface area (TPSA) is 102 Å². The van der Waals surface area contributed by atoms with Gasteiger partial charge in [0, 0.05) is 30.9 Å². The first kappa shape index (κ1) is 23.8. The van der Waals surface area contributed by atoms with Crippen molar-refractivity contribution < 1.29 is 9.59 Å². The summed E-state index contributed by atoms with van der Waals surface area (Å²) in [6.45, 7) is 5.12. The van der Waals surface area contributed by atoms with E-state index in [0.717, 1.165) is 24.1 Å². The number of hydrogen-bond donors (Lipinski definition) is 1. The Hall–Kier alpha value is -3.96. The van der Waals surface area contributed by atoms with E-state index in [9.17, 15) is 14.9 Å². The van der Waals surface area contributed by atoms with Gasteiger partial charge in [0.05, 0.1) is 46.0 Å². The quantitative estimate of drug-likeness (QED) is 0.561. The Balaban J connectivity index is 1.28. The summed E-state index contributed by atoms with van der Waals surface area (Å²) >= 11 is 6.15. The van der Waals surface area contributed by atoms with Gasteiger partial charge in [-0.05, 0) is 68.7 Å². The summed E-state index contributed by atoms with van der Waals surface area (Å²) in [6, 6.07) is 12.8. The number of fused-ring (bicyclic) bond motifs is 1. The van der Waals surface area contributed by atoms with Gasteiger partial charge in [0.25, 0.3) is 11.8 Å². The minimum Gasteiger partial charge on any atom is -0.381 e. The van der Waals surface area contributed by atoms with Crippen LogP contribution in [0, 0.1) is 11.3 Å². The average Bonchev–Trinajstić information content (AvgIpc) is 3.08. The SMILES string of the molecule is CC1(C)c2cc(C#N)ccc2C(=O)N1c1cncc(NC2CCN(C(=O)c3ncccc3Cl)CC2)c1. The van der Waals surface area contributed by atoms with Crippen molar-refractivity contribution in [2.24, 2.45) is 0 Å². The van der Waals surface area contributed by atoms with Crippen molar-refractivity contribution >= 4 is 34.8 Å². The number of piperidine rings is 1. The molecule has 0 radical (unpaired) electrons. The van der Waals surface area contributed by atoms with Crippen LogP contribution in [-0.2, 0) is 5.54 Å². The molecule has 2 aliphatic heterocycles. The Kier molecular flexibility index (Phi) is 6.10. The molecule has 2 amide bonds. The van der Waals surface area contributed by atoms with Crippen LogP contribution >= 0.6 is 11.6 Å². The number of likely N-dealkylation sites (tertiary alicyclic amines) is 1. The molecule has 5 rings (SSSR count). The Morgan fingerprint density at radius 2 is 1.97 bits per heavy atom. The Morgan fingerprint density at radius 1 is 1.19 bits per heavy atom. The van der Waals surface area contributed by atoms with E-state index in [1.807, 2.05) is 19.9 Å². The minimum absolute atomic E-state index is 0.113. The van der Waals surface area contributed by atoms with Crippen LogP contribution in [0.2, 0.25) is 5.02 Å². The Bertz CT molecular complexity index is 1390. The second-order valence-electron chi connectivity index (χ2n) is 9.55. The van der Waals surface area contributed by atoms with E-state index in [2.05, 4.69) is 21.4 Å². The number of aromatic nitrogens is 2. The van der Waals surface area contributed by atoms with Crippen LogP contribution in [0.5, 0.6) is 0 Å². The molecule has 1 saturated heterocycles. The molecule has 0 unspecified atom stereocenters. The summed E-state index contributed by atoms with van der Waals surface area (Å²) in [5.41, 5.74) is 3.10. The number of amides is 2. The third-order valence-corrected chi connectivity index (χ3v) is 7.20.